The van der Waals surface area contributed by atoms with Gasteiger partial charge < -0.3 is 24.2 Å². The Morgan fingerprint density at radius 2 is 2.03 bits per heavy atom. The number of halogens is 2. The van der Waals surface area contributed by atoms with Crippen LogP contribution >= 0.6 is 23.2 Å². The zero-order valence-electron chi connectivity index (χ0n) is 17.5. The van der Waals surface area contributed by atoms with Gasteiger partial charge in [0.1, 0.15) is 0 Å². The molecule has 2 aliphatic heterocycles. The number of aliphatic hydroxyl groups is 1. The average molecular weight is 480 g/mol. The van der Waals surface area contributed by atoms with E-state index < -0.39 is 17.5 Å². The van der Waals surface area contributed by atoms with Crippen molar-refractivity contribution in [1.29, 1.82) is 0 Å². The third-order valence-corrected chi connectivity index (χ3v) is 6.35. The summed E-state index contributed by atoms with van der Waals surface area (Å²) in [6.07, 6.45) is 2.47. The first-order valence-electron chi connectivity index (χ1n) is 10.3. The van der Waals surface area contributed by atoms with Crippen molar-refractivity contribution < 1.29 is 28.9 Å². The molecule has 170 valence electrons. The smallest absolute Gasteiger partial charge is 0.337 e. The van der Waals surface area contributed by atoms with Crippen molar-refractivity contribution in [2.45, 2.75) is 31.2 Å². The Morgan fingerprint density at radius 1 is 1.25 bits per heavy atom. The molecule has 32 heavy (non-hydrogen) atoms. The number of carbonyl (C=O) groups excluding carboxylic acids is 2. The monoisotopic (exact) mass is 479 g/mol. The second-order valence-electron chi connectivity index (χ2n) is 7.66. The van der Waals surface area contributed by atoms with E-state index in [1.807, 2.05) is 0 Å². The molecule has 4 rings (SSSR count). The van der Waals surface area contributed by atoms with Crippen LogP contribution in [0.25, 0.3) is 0 Å². The van der Waals surface area contributed by atoms with Crippen molar-refractivity contribution in [3.05, 3.63) is 63.1 Å². The van der Waals surface area contributed by atoms with Crippen LogP contribution in [0.5, 0.6) is 0 Å². The number of esters is 1. The number of amides is 1. The van der Waals surface area contributed by atoms with Crippen LogP contribution in [0.4, 0.5) is 5.69 Å². The van der Waals surface area contributed by atoms with Crippen LogP contribution < -0.4 is 4.90 Å². The highest BCUT2D eigenvalue weighted by Crippen LogP contribution is 2.49. The van der Waals surface area contributed by atoms with E-state index in [4.69, 9.17) is 37.4 Å². The minimum absolute atomic E-state index is 0.0534. The molecule has 1 N–H and O–H groups in total. The summed E-state index contributed by atoms with van der Waals surface area (Å²) in [5, 5.41) is 12.0. The Kier molecular flexibility index (Phi) is 6.74. The molecule has 2 heterocycles. The largest absolute Gasteiger partial charge is 0.465 e. The van der Waals surface area contributed by atoms with Crippen LogP contribution in [0, 0.1) is 0 Å². The Hall–Kier alpha value is -2.16. The first-order valence-corrected chi connectivity index (χ1v) is 11.1. The van der Waals surface area contributed by atoms with Crippen LogP contribution in [0.3, 0.4) is 0 Å². The lowest BCUT2D eigenvalue weighted by molar-refractivity contribution is -0.161. The molecule has 0 aliphatic carbocycles. The molecule has 0 radical (unpaired) electrons. The molecule has 2 aromatic rings. The Bertz CT molecular complexity index is 1040. The van der Waals surface area contributed by atoms with Gasteiger partial charge in [-0.3, -0.25) is 4.79 Å². The summed E-state index contributed by atoms with van der Waals surface area (Å²) in [6, 6.07) is 9.39. The first kappa shape index (κ1) is 23.0. The van der Waals surface area contributed by atoms with Gasteiger partial charge in [-0.1, -0.05) is 41.4 Å². The van der Waals surface area contributed by atoms with Gasteiger partial charge in [0, 0.05) is 29.3 Å². The number of methoxy groups -OCH3 is 1. The van der Waals surface area contributed by atoms with Crippen molar-refractivity contribution in [3.8, 4) is 0 Å². The van der Waals surface area contributed by atoms with Gasteiger partial charge in [0.25, 0.3) is 5.91 Å². The summed E-state index contributed by atoms with van der Waals surface area (Å²) >= 11 is 12.9. The number of carbonyl (C=O) groups is 2. The summed E-state index contributed by atoms with van der Waals surface area (Å²) < 4.78 is 16.2. The number of hydrogen-bond acceptors (Lipinski definition) is 6. The number of nitrogens with zero attached hydrogens (tertiary/aromatic N) is 1. The normalized spacial score (nSPS) is 22.7. The van der Waals surface area contributed by atoms with E-state index in [0.29, 0.717) is 12.3 Å². The topological polar surface area (TPSA) is 85.3 Å². The lowest BCUT2D eigenvalue weighted by Crippen LogP contribution is -2.43. The van der Waals surface area contributed by atoms with E-state index in [2.05, 4.69) is 0 Å². The summed E-state index contributed by atoms with van der Waals surface area (Å²) in [5.41, 5.74) is -1.27. The SMILES string of the molecule is COC(=O)c1cc(Cl)c2c(c1)N(CCOC1CCCCO1)C(=O)C2(O)c1ccccc1Cl. The number of benzene rings is 2. The lowest BCUT2D eigenvalue weighted by Gasteiger charge is -2.26. The van der Waals surface area contributed by atoms with E-state index in [-0.39, 0.29) is 46.2 Å². The van der Waals surface area contributed by atoms with Gasteiger partial charge in [-0.15, -0.1) is 0 Å². The zero-order valence-corrected chi connectivity index (χ0v) is 19.0. The second kappa shape index (κ2) is 9.37. The fourth-order valence-corrected chi connectivity index (χ4v) is 4.78. The van der Waals surface area contributed by atoms with E-state index in [1.165, 1.54) is 24.1 Å². The van der Waals surface area contributed by atoms with Crippen LogP contribution in [0.1, 0.15) is 40.7 Å². The van der Waals surface area contributed by atoms with Crippen molar-refractivity contribution in [2.75, 3.05) is 31.8 Å². The van der Waals surface area contributed by atoms with E-state index in [9.17, 15) is 14.7 Å². The lowest BCUT2D eigenvalue weighted by atomic mass is 9.87. The molecule has 2 unspecified atom stereocenters. The maximum atomic E-state index is 13.6. The van der Waals surface area contributed by atoms with Crippen molar-refractivity contribution in [2.24, 2.45) is 0 Å². The molecule has 2 atom stereocenters. The molecule has 1 fully saturated rings. The summed E-state index contributed by atoms with van der Waals surface area (Å²) in [5.74, 6) is -1.24. The number of hydrogen-bond donors (Lipinski definition) is 1. The number of fused-ring (bicyclic) bond motifs is 1. The summed E-state index contributed by atoms with van der Waals surface area (Å²) in [7, 11) is 1.25. The van der Waals surface area contributed by atoms with Crippen molar-refractivity contribution in [1.82, 2.24) is 0 Å². The summed E-state index contributed by atoms with van der Waals surface area (Å²) in [6.45, 7) is 0.939. The number of anilines is 1. The Balaban J connectivity index is 1.73. The van der Waals surface area contributed by atoms with Crippen LogP contribution in [0.15, 0.2) is 36.4 Å². The maximum absolute atomic E-state index is 13.6. The quantitative estimate of drug-likeness (QED) is 0.632. The highest BCUT2D eigenvalue weighted by atomic mass is 35.5. The predicted molar refractivity (Wildman–Crippen MR) is 119 cm³/mol. The van der Waals surface area contributed by atoms with Crippen LogP contribution in [0.2, 0.25) is 10.0 Å². The molecule has 0 bridgehead atoms. The molecule has 2 aromatic carbocycles. The van der Waals surface area contributed by atoms with Gasteiger partial charge >= 0.3 is 5.97 Å². The zero-order chi connectivity index (χ0) is 22.9. The van der Waals surface area contributed by atoms with Crippen LogP contribution in [-0.2, 0) is 24.6 Å². The van der Waals surface area contributed by atoms with Gasteiger partial charge in [-0.05, 0) is 37.5 Å². The molecule has 0 saturated carbocycles. The Labute approximate surface area is 195 Å². The molecule has 1 saturated heterocycles. The van der Waals surface area contributed by atoms with E-state index in [1.54, 1.807) is 24.3 Å². The fourth-order valence-electron chi connectivity index (χ4n) is 4.16. The Morgan fingerprint density at radius 3 is 2.72 bits per heavy atom. The molecule has 0 aromatic heterocycles. The van der Waals surface area contributed by atoms with Gasteiger partial charge in [-0.2, -0.15) is 0 Å². The van der Waals surface area contributed by atoms with Crippen molar-refractivity contribution >= 4 is 40.8 Å². The van der Waals surface area contributed by atoms with Gasteiger partial charge in [0.2, 0.25) is 0 Å². The molecule has 9 heteroatoms. The van der Waals surface area contributed by atoms with Gasteiger partial charge in [0.05, 0.1) is 30.0 Å². The first-order chi connectivity index (χ1) is 15.4. The molecular formula is C23H23Cl2NO6. The third-order valence-electron chi connectivity index (χ3n) is 5.72. The van der Waals surface area contributed by atoms with E-state index in [0.717, 1.165) is 19.3 Å². The highest BCUT2D eigenvalue weighted by Gasteiger charge is 2.53. The maximum Gasteiger partial charge on any atom is 0.337 e. The fraction of sp³-hybridized carbons (Fsp3) is 0.391. The molecule has 1 amide bonds. The van der Waals surface area contributed by atoms with Gasteiger partial charge in [0.15, 0.2) is 11.9 Å². The molecular weight excluding hydrogens is 457 g/mol. The summed E-state index contributed by atoms with van der Waals surface area (Å²) in [4.78, 5) is 27.1. The van der Waals surface area contributed by atoms with Gasteiger partial charge in [-0.25, -0.2) is 4.79 Å². The highest BCUT2D eigenvalue weighted by molar-refractivity contribution is 6.35. The standard InChI is InChI=1S/C23H23Cl2NO6/c1-30-21(27)14-12-17(25)20-18(13-14)26(9-11-32-19-8-4-5-10-31-19)22(28)23(20,29)15-6-2-3-7-16(15)24/h2-3,6-7,12-13,19,29H,4-5,8-11H2,1H3. The molecule has 7 nitrogen and oxygen atoms in total. The minimum atomic E-state index is -2.11. The third kappa shape index (κ3) is 4.00. The number of rotatable bonds is 6. The molecule has 0 spiro atoms. The minimum Gasteiger partial charge on any atom is -0.465 e. The predicted octanol–water partition coefficient (Wildman–Crippen LogP) is 3.91. The van der Waals surface area contributed by atoms with E-state index >= 15 is 0 Å². The van der Waals surface area contributed by atoms with Crippen molar-refractivity contribution in [3.63, 3.8) is 0 Å². The number of ether oxygens (including phenoxy) is 3. The second-order valence-corrected chi connectivity index (χ2v) is 8.47. The molecule has 2 aliphatic rings. The average Bonchev–Trinajstić information content (AvgIpc) is 3.02. The van der Waals surface area contributed by atoms with Crippen LogP contribution in [-0.4, -0.2) is 50.1 Å².